The summed E-state index contributed by atoms with van der Waals surface area (Å²) >= 11 is 5.95. The molecule has 1 amide bonds. The van der Waals surface area contributed by atoms with Crippen molar-refractivity contribution >= 4 is 23.2 Å². The van der Waals surface area contributed by atoms with Gasteiger partial charge in [0.15, 0.2) is 0 Å². The number of halogens is 2. The van der Waals surface area contributed by atoms with Gasteiger partial charge in [0.1, 0.15) is 5.82 Å². The first-order chi connectivity index (χ1) is 11.1. The lowest BCUT2D eigenvalue weighted by molar-refractivity contribution is -0.120. The molecule has 2 aromatic rings. The Morgan fingerprint density at radius 3 is 2.74 bits per heavy atom. The Hall–Kier alpha value is -2.07. The lowest BCUT2D eigenvalue weighted by Crippen LogP contribution is -2.27. The Labute approximate surface area is 140 Å². The maximum Gasteiger partial charge on any atom is 0.221 e. The molecular weight excluding hydrogens is 315 g/mol. The van der Waals surface area contributed by atoms with Crippen LogP contribution in [0, 0.1) is 12.7 Å². The van der Waals surface area contributed by atoms with E-state index in [0.717, 1.165) is 11.3 Å². The van der Waals surface area contributed by atoms with Crippen LogP contribution >= 0.6 is 11.6 Å². The van der Waals surface area contributed by atoms with Crippen molar-refractivity contribution in [1.29, 1.82) is 0 Å². The summed E-state index contributed by atoms with van der Waals surface area (Å²) in [5, 5.41) is 6.66. The molecule has 0 aliphatic carbocycles. The fourth-order valence-electron chi connectivity index (χ4n) is 2.22. The van der Waals surface area contributed by atoms with Crippen molar-refractivity contribution in [2.75, 3.05) is 18.4 Å². The maximum atomic E-state index is 13.4. The van der Waals surface area contributed by atoms with E-state index in [1.54, 1.807) is 18.2 Å². The molecule has 0 radical (unpaired) electrons. The highest BCUT2D eigenvalue weighted by Gasteiger charge is 2.04. The van der Waals surface area contributed by atoms with E-state index in [1.807, 2.05) is 25.1 Å². The SMILES string of the molecule is Cc1ccc(Cl)cc1NCCC(=O)NCCc1ccccc1F. The third-order valence-corrected chi connectivity index (χ3v) is 3.78. The molecule has 0 aliphatic heterocycles. The van der Waals surface area contributed by atoms with Crippen LogP contribution < -0.4 is 10.6 Å². The van der Waals surface area contributed by atoms with Crippen LogP contribution in [0.1, 0.15) is 17.5 Å². The smallest absolute Gasteiger partial charge is 0.221 e. The highest BCUT2D eigenvalue weighted by Crippen LogP contribution is 2.19. The minimum Gasteiger partial charge on any atom is -0.384 e. The van der Waals surface area contributed by atoms with E-state index < -0.39 is 0 Å². The summed E-state index contributed by atoms with van der Waals surface area (Å²) in [4.78, 5) is 11.8. The van der Waals surface area contributed by atoms with Gasteiger partial charge >= 0.3 is 0 Å². The summed E-state index contributed by atoms with van der Waals surface area (Å²) in [6.07, 6.45) is 0.836. The molecule has 0 aromatic heterocycles. The Morgan fingerprint density at radius 1 is 1.17 bits per heavy atom. The standard InChI is InChI=1S/C18H20ClFN2O/c1-13-6-7-15(19)12-17(13)21-11-9-18(23)22-10-8-14-4-2-3-5-16(14)20/h2-7,12,21H,8-11H2,1H3,(H,22,23). The average molecular weight is 335 g/mol. The second kappa shape index (κ2) is 8.53. The highest BCUT2D eigenvalue weighted by molar-refractivity contribution is 6.30. The molecule has 2 N–H and O–H groups in total. The van der Waals surface area contributed by atoms with Crippen molar-refractivity contribution in [1.82, 2.24) is 5.32 Å². The van der Waals surface area contributed by atoms with Gasteiger partial charge in [0, 0.05) is 30.2 Å². The van der Waals surface area contributed by atoms with E-state index in [4.69, 9.17) is 11.6 Å². The van der Waals surface area contributed by atoms with E-state index in [-0.39, 0.29) is 11.7 Å². The Kier molecular flexibility index (Phi) is 6.41. The van der Waals surface area contributed by atoms with Crippen LogP contribution in [0.2, 0.25) is 5.02 Å². The number of aryl methyl sites for hydroxylation is 1. The Bertz CT molecular complexity index is 676. The van der Waals surface area contributed by atoms with Gasteiger partial charge in [0.2, 0.25) is 5.91 Å². The van der Waals surface area contributed by atoms with Gasteiger partial charge < -0.3 is 10.6 Å². The minimum atomic E-state index is -0.236. The van der Waals surface area contributed by atoms with Crippen molar-refractivity contribution in [3.63, 3.8) is 0 Å². The second-order valence-corrected chi connectivity index (χ2v) is 5.76. The zero-order chi connectivity index (χ0) is 16.7. The van der Waals surface area contributed by atoms with Crippen LogP contribution in [0.5, 0.6) is 0 Å². The summed E-state index contributed by atoms with van der Waals surface area (Å²) < 4.78 is 13.4. The van der Waals surface area contributed by atoms with Gasteiger partial charge in [0.25, 0.3) is 0 Å². The zero-order valence-corrected chi connectivity index (χ0v) is 13.8. The largest absolute Gasteiger partial charge is 0.384 e. The maximum absolute atomic E-state index is 13.4. The third-order valence-electron chi connectivity index (χ3n) is 3.54. The predicted molar refractivity (Wildman–Crippen MR) is 92.4 cm³/mol. The van der Waals surface area contributed by atoms with Crippen molar-refractivity contribution in [2.24, 2.45) is 0 Å². The first-order valence-corrected chi connectivity index (χ1v) is 7.94. The number of carbonyl (C=O) groups excluding carboxylic acids is 1. The lowest BCUT2D eigenvalue weighted by Gasteiger charge is -2.10. The number of carbonyl (C=O) groups is 1. The molecule has 0 saturated carbocycles. The molecule has 2 rings (SSSR count). The Balaban J connectivity index is 1.69. The number of anilines is 1. The fourth-order valence-corrected chi connectivity index (χ4v) is 2.39. The van der Waals surface area contributed by atoms with Gasteiger partial charge in [0.05, 0.1) is 0 Å². The van der Waals surface area contributed by atoms with Gasteiger partial charge in [-0.1, -0.05) is 35.9 Å². The van der Waals surface area contributed by atoms with E-state index in [2.05, 4.69) is 10.6 Å². The molecule has 3 nitrogen and oxygen atoms in total. The summed E-state index contributed by atoms with van der Waals surface area (Å²) in [5.74, 6) is -0.298. The molecule has 2 aromatic carbocycles. The van der Waals surface area contributed by atoms with Crippen LogP contribution in [0.3, 0.4) is 0 Å². The predicted octanol–water partition coefficient (Wildman–Crippen LogP) is 3.95. The van der Waals surface area contributed by atoms with Gasteiger partial charge in [-0.05, 0) is 42.7 Å². The van der Waals surface area contributed by atoms with Gasteiger partial charge in [-0.3, -0.25) is 4.79 Å². The zero-order valence-electron chi connectivity index (χ0n) is 13.0. The summed E-state index contributed by atoms with van der Waals surface area (Å²) in [6, 6.07) is 12.2. The second-order valence-electron chi connectivity index (χ2n) is 5.33. The van der Waals surface area contributed by atoms with E-state index in [9.17, 15) is 9.18 Å². The van der Waals surface area contributed by atoms with Crippen molar-refractivity contribution < 1.29 is 9.18 Å². The molecule has 23 heavy (non-hydrogen) atoms. The molecular formula is C18H20ClFN2O. The van der Waals surface area contributed by atoms with Crippen molar-refractivity contribution in [3.8, 4) is 0 Å². The highest BCUT2D eigenvalue weighted by atomic mass is 35.5. The topological polar surface area (TPSA) is 41.1 Å². The first-order valence-electron chi connectivity index (χ1n) is 7.56. The van der Waals surface area contributed by atoms with Crippen LogP contribution in [-0.4, -0.2) is 19.0 Å². The van der Waals surface area contributed by atoms with Crippen LogP contribution in [-0.2, 0) is 11.2 Å². The van der Waals surface area contributed by atoms with Crippen molar-refractivity contribution in [2.45, 2.75) is 19.8 Å². The normalized spacial score (nSPS) is 10.4. The van der Waals surface area contributed by atoms with Crippen LogP contribution in [0.15, 0.2) is 42.5 Å². The number of hydrogen-bond acceptors (Lipinski definition) is 2. The number of rotatable bonds is 7. The van der Waals surface area contributed by atoms with Gasteiger partial charge in [-0.25, -0.2) is 4.39 Å². The lowest BCUT2D eigenvalue weighted by atomic mass is 10.1. The number of nitrogens with one attached hydrogen (secondary N) is 2. The van der Waals surface area contributed by atoms with E-state index in [0.29, 0.717) is 36.5 Å². The minimum absolute atomic E-state index is 0.0616. The molecule has 122 valence electrons. The quantitative estimate of drug-likeness (QED) is 0.805. The fraction of sp³-hybridized carbons (Fsp3) is 0.278. The monoisotopic (exact) mass is 334 g/mol. The summed E-state index contributed by atoms with van der Waals surface area (Å²) in [7, 11) is 0. The van der Waals surface area contributed by atoms with Crippen LogP contribution in [0.4, 0.5) is 10.1 Å². The number of amides is 1. The number of benzene rings is 2. The van der Waals surface area contributed by atoms with Crippen molar-refractivity contribution in [3.05, 3.63) is 64.4 Å². The van der Waals surface area contributed by atoms with E-state index in [1.165, 1.54) is 6.07 Å². The molecule has 0 spiro atoms. The van der Waals surface area contributed by atoms with E-state index >= 15 is 0 Å². The summed E-state index contributed by atoms with van der Waals surface area (Å²) in [5.41, 5.74) is 2.62. The average Bonchev–Trinajstić information content (AvgIpc) is 2.52. The summed E-state index contributed by atoms with van der Waals surface area (Å²) in [6.45, 7) is 2.93. The Morgan fingerprint density at radius 2 is 1.96 bits per heavy atom. The molecule has 0 aliphatic rings. The van der Waals surface area contributed by atoms with Gasteiger partial charge in [-0.2, -0.15) is 0 Å². The molecule has 0 saturated heterocycles. The molecule has 0 fully saturated rings. The molecule has 0 unspecified atom stereocenters. The molecule has 0 bridgehead atoms. The molecule has 0 atom stereocenters. The van der Waals surface area contributed by atoms with Crippen LogP contribution in [0.25, 0.3) is 0 Å². The first kappa shape index (κ1) is 17.3. The molecule has 5 heteroatoms. The number of hydrogen-bond donors (Lipinski definition) is 2. The molecule has 0 heterocycles. The third kappa shape index (κ3) is 5.57. The van der Waals surface area contributed by atoms with Gasteiger partial charge in [-0.15, -0.1) is 0 Å².